The van der Waals surface area contributed by atoms with E-state index in [4.69, 9.17) is 4.74 Å². The Morgan fingerprint density at radius 1 is 1.08 bits per heavy atom. The van der Waals surface area contributed by atoms with Crippen LogP contribution in [0.15, 0.2) is 24.3 Å². The predicted octanol–water partition coefficient (Wildman–Crippen LogP) is 1.89. The van der Waals surface area contributed by atoms with Crippen LogP contribution in [0.3, 0.4) is 0 Å². The van der Waals surface area contributed by atoms with E-state index in [9.17, 15) is 9.59 Å². The number of nitrogens with zero attached hydrogens (tertiary/aromatic N) is 2. The van der Waals surface area contributed by atoms with Gasteiger partial charge in [0.05, 0.1) is 7.11 Å². The average molecular weight is 347 g/mol. The molecule has 1 unspecified atom stereocenters. The second-order valence-electron chi connectivity index (χ2n) is 7.46. The summed E-state index contributed by atoms with van der Waals surface area (Å²) in [7, 11) is 1.65. The molecule has 0 bridgehead atoms. The van der Waals surface area contributed by atoms with Gasteiger partial charge in [-0.25, -0.2) is 0 Å². The van der Waals surface area contributed by atoms with Gasteiger partial charge < -0.3 is 19.9 Å². The Kier molecular flexibility index (Phi) is 5.93. The third-order valence-corrected chi connectivity index (χ3v) is 4.43. The minimum Gasteiger partial charge on any atom is -0.497 e. The van der Waals surface area contributed by atoms with E-state index in [1.54, 1.807) is 14.0 Å². The van der Waals surface area contributed by atoms with Crippen LogP contribution in [0, 0.1) is 5.41 Å². The molecule has 0 saturated carbocycles. The van der Waals surface area contributed by atoms with Crippen LogP contribution in [0.25, 0.3) is 0 Å². The number of rotatable bonds is 4. The molecule has 0 spiro atoms. The number of benzene rings is 1. The molecule has 1 saturated heterocycles. The van der Waals surface area contributed by atoms with Crippen LogP contribution < -0.4 is 15.0 Å². The van der Waals surface area contributed by atoms with Gasteiger partial charge in [-0.1, -0.05) is 20.8 Å². The third-order valence-electron chi connectivity index (χ3n) is 4.43. The molecular weight excluding hydrogens is 318 g/mol. The Bertz CT molecular complexity index is 599. The molecule has 1 aliphatic heterocycles. The summed E-state index contributed by atoms with van der Waals surface area (Å²) < 4.78 is 5.18. The van der Waals surface area contributed by atoms with Crippen molar-refractivity contribution in [1.82, 2.24) is 10.2 Å². The fraction of sp³-hybridized carbons (Fsp3) is 0.579. The van der Waals surface area contributed by atoms with Gasteiger partial charge in [0.1, 0.15) is 11.8 Å². The van der Waals surface area contributed by atoms with Gasteiger partial charge in [-0.2, -0.15) is 0 Å². The van der Waals surface area contributed by atoms with Crippen molar-refractivity contribution in [1.29, 1.82) is 0 Å². The SMILES string of the molecule is COc1ccc(N2CCN(C(=O)C(C)NC(=O)C(C)(C)C)CC2)cc1. The Labute approximate surface area is 150 Å². The monoisotopic (exact) mass is 347 g/mol. The van der Waals surface area contributed by atoms with Crippen LogP contribution in [0.1, 0.15) is 27.7 Å². The van der Waals surface area contributed by atoms with Crippen molar-refractivity contribution in [2.24, 2.45) is 5.41 Å². The number of carbonyl (C=O) groups is 2. The van der Waals surface area contributed by atoms with Crippen LogP contribution in [-0.2, 0) is 9.59 Å². The molecule has 1 atom stereocenters. The van der Waals surface area contributed by atoms with E-state index >= 15 is 0 Å². The molecule has 1 aromatic carbocycles. The number of methoxy groups -OCH3 is 1. The van der Waals surface area contributed by atoms with Crippen molar-refractivity contribution in [3.8, 4) is 5.75 Å². The van der Waals surface area contributed by atoms with Crippen molar-refractivity contribution in [2.75, 3.05) is 38.2 Å². The number of ether oxygens (including phenoxy) is 1. The highest BCUT2D eigenvalue weighted by Gasteiger charge is 2.29. The summed E-state index contributed by atoms with van der Waals surface area (Å²) in [4.78, 5) is 28.7. The first-order valence-electron chi connectivity index (χ1n) is 8.71. The molecule has 2 rings (SSSR count). The fourth-order valence-electron chi connectivity index (χ4n) is 2.73. The topological polar surface area (TPSA) is 61.9 Å². The molecule has 0 radical (unpaired) electrons. The second-order valence-corrected chi connectivity index (χ2v) is 7.46. The highest BCUT2D eigenvalue weighted by molar-refractivity contribution is 5.89. The van der Waals surface area contributed by atoms with Gasteiger partial charge >= 0.3 is 0 Å². The molecule has 6 nitrogen and oxygen atoms in total. The lowest BCUT2D eigenvalue weighted by Gasteiger charge is -2.37. The zero-order valence-corrected chi connectivity index (χ0v) is 15.8. The Balaban J connectivity index is 1.88. The van der Waals surface area contributed by atoms with E-state index in [1.807, 2.05) is 49.9 Å². The summed E-state index contributed by atoms with van der Waals surface area (Å²) in [5.74, 6) is 0.707. The van der Waals surface area contributed by atoms with Crippen LogP contribution in [0.2, 0.25) is 0 Å². The molecule has 1 N–H and O–H groups in total. The van der Waals surface area contributed by atoms with Gasteiger partial charge in [-0.3, -0.25) is 9.59 Å². The molecule has 138 valence electrons. The van der Waals surface area contributed by atoms with E-state index < -0.39 is 11.5 Å². The maximum Gasteiger partial charge on any atom is 0.244 e. The van der Waals surface area contributed by atoms with Gasteiger partial charge in [-0.05, 0) is 31.2 Å². The quantitative estimate of drug-likeness (QED) is 0.904. The molecule has 0 aromatic heterocycles. The van der Waals surface area contributed by atoms with E-state index in [2.05, 4.69) is 10.2 Å². The number of anilines is 1. The first kappa shape index (κ1) is 19.1. The summed E-state index contributed by atoms with van der Waals surface area (Å²) in [6, 6.07) is 7.44. The molecule has 1 fully saturated rings. The maximum atomic E-state index is 12.6. The highest BCUT2D eigenvalue weighted by Crippen LogP contribution is 2.20. The Hall–Kier alpha value is -2.24. The first-order chi connectivity index (χ1) is 11.7. The van der Waals surface area contributed by atoms with Crippen LogP contribution in [0.4, 0.5) is 5.69 Å². The number of nitrogens with one attached hydrogen (secondary N) is 1. The standard InChI is InChI=1S/C19H29N3O3/c1-14(20-18(24)19(2,3)4)17(23)22-12-10-21(11-13-22)15-6-8-16(25-5)9-7-15/h6-9,14H,10-13H2,1-5H3,(H,20,24). The van der Waals surface area contributed by atoms with Crippen molar-refractivity contribution in [3.63, 3.8) is 0 Å². The molecule has 0 aliphatic carbocycles. The largest absolute Gasteiger partial charge is 0.497 e. The van der Waals surface area contributed by atoms with E-state index in [0.29, 0.717) is 13.1 Å². The maximum absolute atomic E-state index is 12.6. The minimum absolute atomic E-state index is 0.0213. The number of hydrogen-bond acceptors (Lipinski definition) is 4. The first-order valence-corrected chi connectivity index (χ1v) is 8.71. The summed E-state index contributed by atoms with van der Waals surface area (Å²) >= 11 is 0. The van der Waals surface area contributed by atoms with Crippen molar-refractivity contribution >= 4 is 17.5 Å². The molecular formula is C19H29N3O3. The van der Waals surface area contributed by atoms with Crippen LogP contribution in [0.5, 0.6) is 5.75 Å². The third kappa shape index (κ3) is 4.87. The summed E-state index contributed by atoms with van der Waals surface area (Å²) in [6.45, 7) is 10.1. The van der Waals surface area contributed by atoms with E-state index in [0.717, 1.165) is 24.5 Å². The Morgan fingerprint density at radius 3 is 2.12 bits per heavy atom. The van der Waals surface area contributed by atoms with Gasteiger partial charge in [0.25, 0.3) is 0 Å². The smallest absolute Gasteiger partial charge is 0.244 e. The lowest BCUT2D eigenvalue weighted by atomic mass is 9.95. The predicted molar refractivity (Wildman–Crippen MR) is 98.8 cm³/mol. The van der Waals surface area contributed by atoms with Gasteiger partial charge in [-0.15, -0.1) is 0 Å². The highest BCUT2D eigenvalue weighted by atomic mass is 16.5. The Morgan fingerprint density at radius 2 is 1.64 bits per heavy atom. The van der Waals surface area contributed by atoms with Crippen molar-refractivity contribution < 1.29 is 14.3 Å². The molecule has 25 heavy (non-hydrogen) atoms. The summed E-state index contributed by atoms with van der Waals surface area (Å²) in [5, 5.41) is 2.81. The zero-order valence-electron chi connectivity index (χ0n) is 15.8. The lowest BCUT2D eigenvalue weighted by molar-refractivity contribution is -0.138. The van der Waals surface area contributed by atoms with E-state index in [1.165, 1.54) is 0 Å². The number of amides is 2. The summed E-state index contributed by atoms with van der Waals surface area (Å²) in [6.07, 6.45) is 0. The fourth-order valence-corrected chi connectivity index (χ4v) is 2.73. The van der Waals surface area contributed by atoms with Gasteiger partial charge in [0.15, 0.2) is 0 Å². The van der Waals surface area contributed by atoms with E-state index in [-0.39, 0.29) is 11.8 Å². The van der Waals surface area contributed by atoms with Crippen LogP contribution in [-0.4, -0.2) is 56.0 Å². The number of hydrogen-bond donors (Lipinski definition) is 1. The minimum atomic E-state index is -0.501. The normalized spacial score (nSPS) is 16.4. The average Bonchev–Trinajstić information content (AvgIpc) is 2.60. The van der Waals surface area contributed by atoms with Gasteiger partial charge in [0.2, 0.25) is 11.8 Å². The molecule has 2 amide bonds. The molecule has 1 heterocycles. The number of carbonyl (C=O) groups excluding carboxylic acids is 2. The summed E-state index contributed by atoms with van der Waals surface area (Å²) in [5.41, 5.74) is 0.628. The van der Waals surface area contributed by atoms with Gasteiger partial charge in [0, 0.05) is 37.3 Å². The number of piperazine rings is 1. The molecule has 1 aromatic rings. The zero-order chi connectivity index (χ0) is 18.6. The molecule has 6 heteroatoms. The molecule has 1 aliphatic rings. The van der Waals surface area contributed by atoms with Crippen molar-refractivity contribution in [2.45, 2.75) is 33.7 Å². The lowest BCUT2D eigenvalue weighted by Crippen LogP contribution is -2.55. The van der Waals surface area contributed by atoms with Crippen LogP contribution >= 0.6 is 0 Å². The van der Waals surface area contributed by atoms with Crippen molar-refractivity contribution in [3.05, 3.63) is 24.3 Å². The second kappa shape index (κ2) is 7.76.